The molecular formula is C16H28N2O4S. The molecule has 1 aromatic heterocycles. The molecule has 0 spiro atoms. The first-order valence-corrected chi connectivity index (χ1v) is 9.48. The lowest BCUT2D eigenvalue weighted by Crippen LogP contribution is -2.40. The summed E-state index contributed by atoms with van der Waals surface area (Å²) < 4.78 is 32.0. The van der Waals surface area contributed by atoms with Crippen molar-refractivity contribution in [3.63, 3.8) is 0 Å². The minimum atomic E-state index is -3.77. The van der Waals surface area contributed by atoms with Crippen LogP contribution in [-0.2, 0) is 10.0 Å². The molecule has 0 saturated carbocycles. The number of unbranched alkanes of at least 4 members (excludes halogenated alkanes) is 2. The number of hydrogen-bond donors (Lipinski definition) is 2. The van der Waals surface area contributed by atoms with E-state index in [0.717, 1.165) is 25.7 Å². The van der Waals surface area contributed by atoms with Gasteiger partial charge in [-0.25, -0.2) is 13.1 Å². The maximum absolute atomic E-state index is 12.1. The van der Waals surface area contributed by atoms with E-state index in [1.807, 2.05) is 6.92 Å². The summed E-state index contributed by atoms with van der Waals surface area (Å²) in [7, 11) is -3.77. The van der Waals surface area contributed by atoms with Crippen LogP contribution >= 0.6 is 0 Å². The Morgan fingerprint density at radius 1 is 1.26 bits per heavy atom. The Kier molecular flexibility index (Phi) is 6.83. The van der Waals surface area contributed by atoms with Crippen LogP contribution in [0, 0.1) is 0 Å². The Labute approximate surface area is 139 Å². The second-order valence-electron chi connectivity index (χ2n) is 6.84. The largest absolute Gasteiger partial charge is 0.438 e. The normalized spacial score (nSPS) is 13.8. The lowest BCUT2D eigenvalue weighted by molar-refractivity contribution is 0.0904. The van der Waals surface area contributed by atoms with Crippen LogP contribution < -0.4 is 10.0 Å². The molecule has 1 aromatic rings. The standard InChI is InChI=1S/C16H28N2O4S/c1-6-7-8-9-12(2)17-15(19)13-10-11-14(22-13)23(20,21)18-16(3,4)5/h10-12,18H,6-9H2,1-5H3,(H,17,19)/t12-/m0/s1. The summed E-state index contributed by atoms with van der Waals surface area (Å²) in [4.78, 5) is 12.1. The van der Waals surface area contributed by atoms with Crippen LogP contribution in [0.15, 0.2) is 21.6 Å². The third kappa shape index (κ3) is 6.74. The van der Waals surface area contributed by atoms with Gasteiger partial charge < -0.3 is 9.73 Å². The van der Waals surface area contributed by atoms with E-state index >= 15 is 0 Å². The fourth-order valence-electron chi connectivity index (χ4n) is 2.11. The third-order valence-corrected chi connectivity index (χ3v) is 4.76. The second-order valence-corrected chi connectivity index (χ2v) is 8.46. The van der Waals surface area contributed by atoms with Gasteiger partial charge >= 0.3 is 0 Å². The monoisotopic (exact) mass is 344 g/mol. The molecule has 0 aliphatic heterocycles. The maximum atomic E-state index is 12.1. The highest BCUT2D eigenvalue weighted by atomic mass is 32.2. The first-order valence-electron chi connectivity index (χ1n) is 8.00. The molecule has 1 heterocycles. The van der Waals surface area contributed by atoms with Gasteiger partial charge in [-0.1, -0.05) is 26.2 Å². The van der Waals surface area contributed by atoms with Crippen molar-refractivity contribution < 1.29 is 17.6 Å². The van der Waals surface area contributed by atoms with Crippen LogP contribution in [0.25, 0.3) is 0 Å². The number of carbonyl (C=O) groups is 1. The second kappa shape index (κ2) is 7.97. The molecule has 0 fully saturated rings. The van der Waals surface area contributed by atoms with Crippen molar-refractivity contribution in [3.8, 4) is 0 Å². The number of rotatable bonds is 8. The Morgan fingerprint density at radius 3 is 2.48 bits per heavy atom. The molecule has 1 rings (SSSR count). The molecule has 2 N–H and O–H groups in total. The molecule has 0 aliphatic rings. The number of carbonyl (C=O) groups excluding carboxylic acids is 1. The van der Waals surface area contributed by atoms with E-state index in [1.165, 1.54) is 12.1 Å². The molecule has 1 atom stereocenters. The van der Waals surface area contributed by atoms with E-state index in [1.54, 1.807) is 20.8 Å². The lowest BCUT2D eigenvalue weighted by atomic mass is 10.1. The van der Waals surface area contributed by atoms with E-state index in [-0.39, 0.29) is 16.9 Å². The van der Waals surface area contributed by atoms with Crippen molar-refractivity contribution in [1.82, 2.24) is 10.0 Å². The Morgan fingerprint density at radius 2 is 1.91 bits per heavy atom. The molecule has 0 bridgehead atoms. The first-order chi connectivity index (χ1) is 10.5. The minimum absolute atomic E-state index is 0.00151. The number of furan rings is 1. The summed E-state index contributed by atoms with van der Waals surface area (Å²) in [5.41, 5.74) is -0.623. The Balaban J connectivity index is 2.70. The van der Waals surface area contributed by atoms with Crippen LogP contribution in [0.4, 0.5) is 0 Å². The van der Waals surface area contributed by atoms with Gasteiger partial charge in [0.2, 0.25) is 5.09 Å². The fourth-order valence-corrected chi connectivity index (χ4v) is 3.46. The van der Waals surface area contributed by atoms with Gasteiger partial charge in [0.05, 0.1) is 0 Å². The molecule has 23 heavy (non-hydrogen) atoms. The van der Waals surface area contributed by atoms with E-state index in [4.69, 9.17) is 4.42 Å². The molecule has 6 nitrogen and oxygen atoms in total. The summed E-state index contributed by atoms with van der Waals surface area (Å²) in [5.74, 6) is -0.396. The van der Waals surface area contributed by atoms with Gasteiger partial charge in [0.1, 0.15) is 0 Å². The number of amides is 1. The summed E-state index contributed by atoms with van der Waals surface area (Å²) in [6.45, 7) is 9.26. The van der Waals surface area contributed by atoms with E-state index in [2.05, 4.69) is 17.0 Å². The van der Waals surface area contributed by atoms with Crippen molar-refractivity contribution in [2.45, 2.75) is 77.0 Å². The zero-order chi connectivity index (χ0) is 17.7. The van der Waals surface area contributed by atoms with Gasteiger partial charge in [-0.05, 0) is 46.2 Å². The van der Waals surface area contributed by atoms with Gasteiger partial charge in [-0.15, -0.1) is 0 Å². The molecule has 0 aromatic carbocycles. The van der Waals surface area contributed by atoms with Crippen LogP contribution in [0.5, 0.6) is 0 Å². The minimum Gasteiger partial charge on any atom is -0.438 e. The highest BCUT2D eigenvalue weighted by Gasteiger charge is 2.26. The zero-order valence-electron chi connectivity index (χ0n) is 14.6. The number of hydrogen-bond acceptors (Lipinski definition) is 4. The van der Waals surface area contributed by atoms with Gasteiger partial charge in [0.15, 0.2) is 5.76 Å². The first kappa shape index (κ1) is 19.7. The van der Waals surface area contributed by atoms with Crippen molar-refractivity contribution in [2.24, 2.45) is 0 Å². The molecule has 0 unspecified atom stereocenters. The molecule has 0 saturated heterocycles. The van der Waals surface area contributed by atoms with Crippen LogP contribution in [0.2, 0.25) is 0 Å². The van der Waals surface area contributed by atoms with Gasteiger partial charge in [-0.2, -0.15) is 0 Å². The van der Waals surface area contributed by atoms with Crippen LogP contribution in [-0.4, -0.2) is 25.9 Å². The zero-order valence-corrected chi connectivity index (χ0v) is 15.4. The quantitative estimate of drug-likeness (QED) is 0.709. The molecule has 132 valence electrons. The highest BCUT2D eigenvalue weighted by Crippen LogP contribution is 2.16. The van der Waals surface area contributed by atoms with E-state index < -0.39 is 21.5 Å². The molecule has 7 heteroatoms. The predicted molar refractivity (Wildman–Crippen MR) is 89.9 cm³/mol. The van der Waals surface area contributed by atoms with E-state index in [9.17, 15) is 13.2 Å². The molecule has 0 radical (unpaired) electrons. The smallest absolute Gasteiger partial charge is 0.287 e. The molecule has 0 aliphatic carbocycles. The highest BCUT2D eigenvalue weighted by molar-refractivity contribution is 7.89. The Bertz CT molecular complexity index is 614. The van der Waals surface area contributed by atoms with Crippen LogP contribution in [0.3, 0.4) is 0 Å². The summed E-state index contributed by atoms with van der Waals surface area (Å²) in [5, 5.41) is 2.57. The summed E-state index contributed by atoms with van der Waals surface area (Å²) in [6.07, 6.45) is 4.19. The molecule has 1 amide bonds. The third-order valence-electron chi connectivity index (χ3n) is 3.13. The predicted octanol–water partition coefficient (Wildman–Crippen LogP) is 3.06. The average molecular weight is 344 g/mol. The van der Waals surface area contributed by atoms with Crippen molar-refractivity contribution in [2.75, 3.05) is 0 Å². The van der Waals surface area contributed by atoms with Crippen molar-refractivity contribution in [1.29, 1.82) is 0 Å². The Hall–Kier alpha value is -1.34. The summed E-state index contributed by atoms with van der Waals surface area (Å²) >= 11 is 0. The number of sulfonamides is 1. The lowest BCUT2D eigenvalue weighted by Gasteiger charge is -2.19. The summed E-state index contributed by atoms with van der Waals surface area (Å²) in [6, 6.07) is 2.70. The van der Waals surface area contributed by atoms with Crippen molar-refractivity contribution >= 4 is 15.9 Å². The SMILES string of the molecule is CCCCC[C@H](C)NC(=O)c1ccc(S(=O)(=O)NC(C)(C)C)o1. The number of nitrogens with one attached hydrogen (secondary N) is 2. The average Bonchev–Trinajstić information content (AvgIpc) is 2.86. The maximum Gasteiger partial charge on any atom is 0.287 e. The van der Waals surface area contributed by atoms with Gasteiger partial charge in [0, 0.05) is 11.6 Å². The van der Waals surface area contributed by atoms with E-state index in [0.29, 0.717) is 0 Å². The molecular weight excluding hydrogens is 316 g/mol. The fraction of sp³-hybridized carbons (Fsp3) is 0.688. The van der Waals surface area contributed by atoms with Crippen molar-refractivity contribution in [3.05, 3.63) is 17.9 Å². The van der Waals surface area contributed by atoms with Gasteiger partial charge in [0.25, 0.3) is 15.9 Å². The van der Waals surface area contributed by atoms with Crippen LogP contribution in [0.1, 0.15) is 70.9 Å². The topological polar surface area (TPSA) is 88.4 Å². The van der Waals surface area contributed by atoms with Gasteiger partial charge in [-0.3, -0.25) is 4.79 Å².